The topological polar surface area (TPSA) is 88.5 Å². The lowest BCUT2D eigenvalue weighted by Crippen LogP contribution is -2.30. The molecule has 0 atom stereocenters. The second kappa shape index (κ2) is 16.1. The number of phenolic OH excluding ortho intramolecular Hbond substituents is 1. The number of carbonyl (C=O) groups is 2. The summed E-state index contributed by atoms with van der Waals surface area (Å²) >= 11 is 1.60. The first-order valence-corrected chi connectivity index (χ1v) is 16.7. The van der Waals surface area contributed by atoms with Crippen LogP contribution in [-0.2, 0) is 29.9 Å². The number of hydrogen-bond acceptors (Lipinski definition) is 8. The molecule has 0 aromatic heterocycles. The van der Waals surface area contributed by atoms with Crippen LogP contribution in [0.3, 0.4) is 0 Å². The molecule has 9 heteroatoms. The number of benzene rings is 4. The highest BCUT2D eigenvalue weighted by Crippen LogP contribution is 2.42. The Morgan fingerprint density at radius 1 is 0.771 bits per heavy atom. The first-order chi connectivity index (χ1) is 22.9. The van der Waals surface area contributed by atoms with Crippen LogP contribution in [0, 0.1) is 0 Å². The third kappa shape index (κ3) is 9.11. The highest BCUT2D eigenvalue weighted by atomic mass is 32.2. The van der Waals surface area contributed by atoms with Crippen molar-refractivity contribution in [1.82, 2.24) is 0 Å². The molecule has 48 heavy (non-hydrogen) atoms. The smallest absolute Gasteiger partial charge is 0.293 e. The maximum absolute atomic E-state index is 12.3. The van der Waals surface area contributed by atoms with Gasteiger partial charge in [0.2, 0.25) is 6.41 Å². The van der Waals surface area contributed by atoms with E-state index in [1.807, 2.05) is 54.4 Å². The van der Waals surface area contributed by atoms with Gasteiger partial charge < -0.3 is 29.1 Å². The normalized spacial score (nSPS) is 11.6. The number of methoxy groups -OCH3 is 1. The molecule has 4 aromatic rings. The van der Waals surface area contributed by atoms with Gasteiger partial charge in [-0.3, -0.25) is 9.59 Å². The average Bonchev–Trinajstić information content (AvgIpc) is 3.06. The third-order valence-corrected chi connectivity index (χ3v) is 9.34. The average molecular weight is 671 g/mol. The van der Waals surface area contributed by atoms with Crippen molar-refractivity contribution in [3.05, 3.63) is 102 Å². The Bertz CT molecular complexity index is 1670. The second-order valence-corrected chi connectivity index (χ2v) is 14.3. The molecule has 1 N–H and O–H groups in total. The summed E-state index contributed by atoms with van der Waals surface area (Å²) in [5.74, 6) is 1.59. The van der Waals surface area contributed by atoms with Crippen molar-refractivity contribution in [1.29, 1.82) is 0 Å². The molecular weight excluding hydrogens is 625 g/mol. The zero-order valence-electron chi connectivity index (χ0n) is 28.9. The lowest BCUT2D eigenvalue weighted by molar-refractivity contribution is -0.128. The van der Waals surface area contributed by atoms with E-state index in [0.717, 1.165) is 44.3 Å². The number of hydrogen-bond donors (Lipinski definition) is 1. The minimum atomic E-state index is -0.443. The minimum Gasteiger partial charge on any atom is -0.508 e. The van der Waals surface area contributed by atoms with Crippen LogP contribution in [-0.4, -0.2) is 58.4 Å². The predicted octanol–water partition coefficient (Wildman–Crippen LogP) is 8.18. The van der Waals surface area contributed by atoms with Crippen LogP contribution in [0.2, 0.25) is 0 Å². The maximum atomic E-state index is 12.3. The number of carbonyl (C=O) groups excluding carboxylic acids is 2. The Hall–Kier alpha value is -4.47. The number of likely N-dealkylation sites (N-methyl/N-ethyl adjacent to an activating group) is 1. The summed E-state index contributed by atoms with van der Waals surface area (Å²) in [6.07, 6.45) is 0.875. The number of amides is 1. The van der Waals surface area contributed by atoms with E-state index in [9.17, 15) is 14.7 Å². The molecule has 0 bridgehead atoms. The van der Waals surface area contributed by atoms with Crippen LogP contribution < -0.4 is 14.5 Å². The summed E-state index contributed by atoms with van der Waals surface area (Å²) < 4.78 is 16.7. The standard InChI is InChI=1S/C39H46N2O6S/c1-38(2,3)34-18-8-28(24-35(34)41(26-42)21-22-45-7)39(4,5)29-9-19-37(36(25-29)40(6)20-23-46-27-43)47-31-12-16-33(17-13-31)48-32-14-10-30(44)11-15-32/h8-19,24-27,44H,20-23H2,1-7H3. The van der Waals surface area contributed by atoms with Crippen molar-refractivity contribution in [3.63, 3.8) is 0 Å². The van der Waals surface area contributed by atoms with Crippen LogP contribution in [0.1, 0.15) is 51.3 Å². The van der Waals surface area contributed by atoms with E-state index in [-0.39, 0.29) is 17.8 Å². The van der Waals surface area contributed by atoms with Gasteiger partial charge >= 0.3 is 0 Å². The van der Waals surface area contributed by atoms with Gasteiger partial charge in [-0.2, -0.15) is 0 Å². The van der Waals surface area contributed by atoms with Crippen molar-refractivity contribution >= 4 is 36.0 Å². The molecule has 0 saturated heterocycles. The summed E-state index contributed by atoms with van der Waals surface area (Å²) in [6, 6.07) is 27.5. The molecule has 254 valence electrons. The highest BCUT2D eigenvalue weighted by Gasteiger charge is 2.29. The molecule has 0 spiro atoms. The van der Waals surface area contributed by atoms with Crippen LogP contribution in [0.25, 0.3) is 0 Å². The van der Waals surface area contributed by atoms with Crippen LogP contribution in [0.15, 0.2) is 94.7 Å². The van der Waals surface area contributed by atoms with E-state index >= 15 is 0 Å². The fraction of sp³-hybridized carbons (Fsp3) is 0.333. The van der Waals surface area contributed by atoms with E-state index in [1.54, 1.807) is 35.9 Å². The van der Waals surface area contributed by atoms with Gasteiger partial charge in [-0.15, -0.1) is 0 Å². The van der Waals surface area contributed by atoms with Crippen LogP contribution in [0.4, 0.5) is 11.4 Å². The Balaban J connectivity index is 1.68. The Morgan fingerprint density at radius 3 is 1.96 bits per heavy atom. The molecule has 0 saturated carbocycles. The van der Waals surface area contributed by atoms with Crippen molar-refractivity contribution in [2.75, 3.05) is 50.3 Å². The molecule has 4 aromatic carbocycles. The molecule has 0 heterocycles. The number of nitrogens with zero attached hydrogens (tertiary/aromatic N) is 2. The molecule has 0 aliphatic heterocycles. The van der Waals surface area contributed by atoms with E-state index in [2.05, 4.69) is 65.0 Å². The second-order valence-electron chi connectivity index (χ2n) is 13.1. The first-order valence-electron chi connectivity index (χ1n) is 15.9. The number of phenols is 1. The van der Waals surface area contributed by atoms with Gasteiger partial charge in [0, 0.05) is 41.6 Å². The fourth-order valence-electron chi connectivity index (χ4n) is 5.38. The van der Waals surface area contributed by atoms with Crippen molar-refractivity contribution in [2.24, 2.45) is 0 Å². The third-order valence-electron chi connectivity index (χ3n) is 8.33. The first kappa shape index (κ1) is 36.4. The summed E-state index contributed by atoms with van der Waals surface area (Å²) in [5, 5.41) is 9.57. The van der Waals surface area contributed by atoms with Crippen molar-refractivity contribution in [3.8, 4) is 17.2 Å². The molecule has 0 radical (unpaired) electrons. The molecular formula is C39H46N2O6S. The Labute approximate surface area is 288 Å². The quantitative estimate of drug-likeness (QED) is 0.0944. The lowest BCUT2D eigenvalue weighted by atomic mass is 9.75. The molecule has 0 fully saturated rings. The monoisotopic (exact) mass is 670 g/mol. The van der Waals surface area contributed by atoms with Gasteiger partial charge in [-0.1, -0.05) is 64.6 Å². The van der Waals surface area contributed by atoms with E-state index in [1.165, 1.54) is 0 Å². The predicted molar refractivity (Wildman–Crippen MR) is 193 cm³/mol. The van der Waals surface area contributed by atoms with Crippen molar-refractivity contribution < 1.29 is 28.9 Å². The largest absolute Gasteiger partial charge is 0.508 e. The molecule has 1 amide bonds. The van der Waals surface area contributed by atoms with Crippen LogP contribution >= 0.6 is 11.8 Å². The summed E-state index contributed by atoms with van der Waals surface area (Å²) in [4.78, 5) is 28.9. The number of rotatable bonds is 16. The number of anilines is 2. The Morgan fingerprint density at radius 2 is 1.38 bits per heavy atom. The Kier molecular flexibility index (Phi) is 12.2. The van der Waals surface area contributed by atoms with E-state index < -0.39 is 5.41 Å². The van der Waals surface area contributed by atoms with Gasteiger partial charge in [0.25, 0.3) is 6.47 Å². The van der Waals surface area contributed by atoms with Gasteiger partial charge in [0.15, 0.2) is 5.75 Å². The molecule has 0 unspecified atom stereocenters. The highest BCUT2D eigenvalue weighted by molar-refractivity contribution is 7.99. The molecule has 0 aliphatic rings. The van der Waals surface area contributed by atoms with E-state index in [0.29, 0.717) is 37.7 Å². The zero-order chi connectivity index (χ0) is 34.9. The summed E-state index contributed by atoms with van der Waals surface area (Å²) in [5.41, 5.74) is 4.29. The summed E-state index contributed by atoms with van der Waals surface area (Å²) in [6.45, 7) is 12.8. The van der Waals surface area contributed by atoms with Gasteiger partial charge in [-0.25, -0.2) is 0 Å². The lowest BCUT2D eigenvalue weighted by Gasteiger charge is -2.33. The van der Waals surface area contributed by atoms with E-state index in [4.69, 9.17) is 14.2 Å². The number of ether oxygens (including phenoxy) is 3. The molecule has 4 rings (SSSR count). The zero-order valence-corrected chi connectivity index (χ0v) is 29.7. The SMILES string of the molecule is COCCN(C=O)c1cc(C(C)(C)c2ccc(Oc3ccc(Sc4ccc(O)cc4)cc3)c(N(C)CCOC=O)c2)ccc1C(C)(C)C. The molecule has 8 nitrogen and oxygen atoms in total. The summed E-state index contributed by atoms with van der Waals surface area (Å²) in [7, 11) is 3.58. The van der Waals surface area contributed by atoms with Gasteiger partial charge in [-0.05, 0) is 88.8 Å². The minimum absolute atomic E-state index is 0.173. The molecule has 0 aliphatic carbocycles. The maximum Gasteiger partial charge on any atom is 0.293 e. The van der Waals surface area contributed by atoms with Crippen molar-refractivity contribution in [2.45, 2.75) is 55.2 Å². The fourth-order valence-corrected chi connectivity index (χ4v) is 6.20. The van der Waals surface area contributed by atoms with Gasteiger partial charge in [0.05, 0.1) is 18.8 Å². The van der Waals surface area contributed by atoms with Gasteiger partial charge in [0.1, 0.15) is 18.1 Å². The number of aromatic hydroxyl groups is 1. The van der Waals surface area contributed by atoms with Crippen LogP contribution in [0.5, 0.6) is 17.2 Å².